The van der Waals surface area contributed by atoms with Gasteiger partial charge in [0.2, 0.25) is 5.91 Å². The van der Waals surface area contributed by atoms with Gasteiger partial charge in [-0.3, -0.25) is 14.6 Å². The van der Waals surface area contributed by atoms with Gasteiger partial charge in [-0.2, -0.15) is 13.2 Å². The van der Waals surface area contributed by atoms with Crippen molar-refractivity contribution in [3.63, 3.8) is 0 Å². The van der Waals surface area contributed by atoms with Crippen LogP contribution in [0.3, 0.4) is 0 Å². The van der Waals surface area contributed by atoms with Crippen LogP contribution in [0.1, 0.15) is 36.1 Å². The standard InChI is InChI=1S/C26H31F3N4O4/c1-3-23(34)33-13-18-9-19(31-21-5-7-37-14-22(21)36-2)10-25(18,15-33)24(35)32-6-4-20-16(12-32)8-17(11-30-20)26(27,28)29/h1,8,11,18-19,21-22,31H,4-7,9-10,12-15H2,2H3/t18-,19+,21-,22+,25-/m0/s1. The summed E-state index contributed by atoms with van der Waals surface area (Å²) in [5.74, 6) is 1.48. The Kier molecular flexibility index (Phi) is 6.94. The maximum Gasteiger partial charge on any atom is 0.417 e. The summed E-state index contributed by atoms with van der Waals surface area (Å²) in [7, 11) is 1.65. The quantitative estimate of drug-likeness (QED) is 0.608. The third kappa shape index (κ3) is 4.82. The van der Waals surface area contributed by atoms with Gasteiger partial charge in [0.05, 0.1) is 23.7 Å². The maximum absolute atomic E-state index is 14.1. The maximum atomic E-state index is 14.1. The number of fused-ring (bicyclic) bond motifs is 2. The van der Waals surface area contributed by atoms with Crippen LogP contribution in [0.5, 0.6) is 0 Å². The number of halogens is 3. The van der Waals surface area contributed by atoms with Gasteiger partial charge in [0, 0.05) is 70.3 Å². The Morgan fingerprint density at radius 1 is 1.35 bits per heavy atom. The minimum atomic E-state index is -4.51. The van der Waals surface area contributed by atoms with Crippen LogP contribution in [0.25, 0.3) is 0 Å². The van der Waals surface area contributed by atoms with Gasteiger partial charge in [-0.1, -0.05) is 0 Å². The van der Waals surface area contributed by atoms with Crippen LogP contribution >= 0.6 is 0 Å². The lowest BCUT2D eigenvalue weighted by Crippen LogP contribution is -2.52. The minimum absolute atomic E-state index is 0.0355. The topological polar surface area (TPSA) is 84.0 Å². The van der Waals surface area contributed by atoms with E-state index in [1.54, 1.807) is 16.9 Å². The van der Waals surface area contributed by atoms with Gasteiger partial charge < -0.3 is 24.6 Å². The lowest BCUT2D eigenvalue weighted by molar-refractivity contribution is -0.144. The number of hydrogen-bond donors (Lipinski definition) is 1. The predicted octanol–water partition coefficient (Wildman–Crippen LogP) is 1.62. The summed E-state index contributed by atoms with van der Waals surface area (Å²) in [5, 5.41) is 3.67. The van der Waals surface area contributed by atoms with Crippen molar-refractivity contribution >= 4 is 11.8 Å². The molecule has 200 valence electrons. The molecule has 11 heteroatoms. The van der Waals surface area contributed by atoms with Crippen LogP contribution < -0.4 is 5.32 Å². The Morgan fingerprint density at radius 3 is 2.89 bits per heavy atom. The molecule has 1 aromatic rings. The monoisotopic (exact) mass is 520 g/mol. The largest absolute Gasteiger partial charge is 0.417 e. The molecule has 0 spiro atoms. The molecule has 0 bridgehead atoms. The molecule has 37 heavy (non-hydrogen) atoms. The molecule has 2 saturated heterocycles. The first kappa shape index (κ1) is 25.9. The van der Waals surface area contributed by atoms with Crippen molar-refractivity contribution in [2.75, 3.05) is 40.0 Å². The lowest BCUT2D eigenvalue weighted by Gasteiger charge is -2.37. The molecule has 1 aromatic heterocycles. The number of aromatic nitrogens is 1. The third-order valence-corrected chi connectivity index (χ3v) is 8.42. The number of pyridine rings is 1. The molecule has 0 unspecified atom stereocenters. The van der Waals surface area contributed by atoms with E-state index in [4.69, 9.17) is 15.9 Å². The normalized spacial score (nSPS) is 31.5. The van der Waals surface area contributed by atoms with Crippen molar-refractivity contribution in [2.24, 2.45) is 11.3 Å². The number of likely N-dealkylation sites (tertiary alicyclic amines) is 1. The molecule has 3 fully saturated rings. The Balaban J connectivity index is 1.37. The first-order chi connectivity index (χ1) is 17.6. The molecule has 1 N–H and O–H groups in total. The smallest absolute Gasteiger partial charge is 0.379 e. The summed E-state index contributed by atoms with van der Waals surface area (Å²) >= 11 is 0. The third-order valence-electron chi connectivity index (χ3n) is 8.42. The van der Waals surface area contributed by atoms with Crippen LogP contribution in [-0.4, -0.2) is 84.7 Å². The van der Waals surface area contributed by atoms with E-state index in [0.717, 1.165) is 18.7 Å². The second kappa shape index (κ2) is 9.89. The van der Waals surface area contributed by atoms with Gasteiger partial charge in [-0.05, 0) is 42.7 Å². The highest BCUT2D eigenvalue weighted by Crippen LogP contribution is 2.50. The van der Waals surface area contributed by atoms with Crippen molar-refractivity contribution in [3.8, 4) is 12.3 Å². The number of terminal acetylenes is 1. The van der Waals surface area contributed by atoms with Gasteiger partial charge in [-0.25, -0.2) is 0 Å². The molecule has 0 aromatic carbocycles. The number of amides is 2. The fourth-order valence-electron chi connectivity index (χ4n) is 6.58. The van der Waals surface area contributed by atoms with E-state index in [1.165, 1.54) is 0 Å². The number of ether oxygens (including phenoxy) is 2. The van der Waals surface area contributed by atoms with Gasteiger partial charge in [0.15, 0.2) is 0 Å². The fraction of sp³-hybridized carbons (Fsp3) is 0.654. The Morgan fingerprint density at radius 2 is 2.16 bits per heavy atom. The summed E-state index contributed by atoms with van der Waals surface area (Å²) < 4.78 is 50.9. The van der Waals surface area contributed by atoms with Crippen LogP contribution in [0.4, 0.5) is 13.2 Å². The van der Waals surface area contributed by atoms with E-state index in [-0.39, 0.29) is 43.1 Å². The van der Waals surface area contributed by atoms with Crippen LogP contribution in [0.15, 0.2) is 12.3 Å². The highest BCUT2D eigenvalue weighted by atomic mass is 19.4. The van der Waals surface area contributed by atoms with Crippen molar-refractivity contribution in [1.29, 1.82) is 0 Å². The predicted molar refractivity (Wildman–Crippen MR) is 126 cm³/mol. The van der Waals surface area contributed by atoms with Gasteiger partial charge in [-0.15, -0.1) is 6.42 Å². The number of nitrogens with zero attached hydrogens (tertiary/aromatic N) is 3. The van der Waals surface area contributed by atoms with Crippen molar-refractivity contribution in [1.82, 2.24) is 20.1 Å². The fourth-order valence-corrected chi connectivity index (χ4v) is 6.58. The molecule has 4 aliphatic rings. The molecular weight excluding hydrogens is 489 g/mol. The zero-order valence-electron chi connectivity index (χ0n) is 20.7. The first-order valence-electron chi connectivity index (χ1n) is 12.6. The Labute approximate surface area is 213 Å². The Hall–Kier alpha value is -2.68. The number of hydrogen-bond acceptors (Lipinski definition) is 6. The molecule has 5 atom stereocenters. The Bertz CT molecular complexity index is 1110. The molecule has 8 nitrogen and oxygen atoms in total. The number of nitrogens with one attached hydrogen (secondary N) is 1. The number of alkyl halides is 3. The molecule has 0 radical (unpaired) electrons. The molecule has 4 heterocycles. The second-order valence-electron chi connectivity index (χ2n) is 10.5. The van der Waals surface area contributed by atoms with Gasteiger partial charge in [0.25, 0.3) is 5.91 Å². The van der Waals surface area contributed by atoms with E-state index in [9.17, 15) is 22.8 Å². The van der Waals surface area contributed by atoms with E-state index < -0.39 is 23.1 Å². The van der Waals surface area contributed by atoms with E-state index in [0.29, 0.717) is 56.8 Å². The highest BCUT2D eigenvalue weighted by Gasteiger charge is 2.59. The van der Waals surface area contributed by atoms with Crippen molar-refractivity contribution in [2.45, 2.75) is 56.6 Å². The molecule has 1 aliphatic carbocycles. The van der Waals surface area contributed by atoms with E-state index in [1.807, 2.05) is 0 Å². The summed E-state index contributed by atoms with van der Waals surface area (Å²) in [6.07, 6.45) is 4.01. The van der Waals surface area contributed by atoms with Crippen molar-refractivity contribution in [3.05, 3.63) is 29.1 Å². The number of methoxy groups -OCH3 is 1. The molecular formula is C26H31F3N4O4. The highest BCUT2D eigenvalue weighted by molar-refractivity contribution is 5.94. The lowest BCUT2D eigenvalue weighted by atomic mass is 9.78. The SMILES string of the molecule is C#CC(=O)N1C[C@@H]2C[C@@H](N[C@H]3CCOC[C@H]3OC)C[C@]2(C(=O)N2CCc3ncc(C(F)(F)F)cc3C2)C1. The molecule has 5 rings (SSSR count). The molecule has 1 saturated carbocycles. The number of carbonyl (C=O) groups excluding carboxylic acids is 2. The van der Waals surface area contributed by atoms with Crippen LogP contribution in [-0.2, 0) is 38.2 Å². The summed E-state index contributed by atoms with van der Waals surface area (Å²) in [6.45, 7) is 2.16. The van der Waals surface area contributed by atoms with Gasteiger partial charge in [0.1, 0.15) is 0 Å². The number of carbonyl (C=O) groups is 2. The summed E-state index contributed by atoms with van der Waals surface area (Å²) in [6, 6.07) is 1.22. The average molecular weight is 521 g/mol. The minimum Gasteiger partial charge on any atom is -0.379 e. The second-order valence-corrected chi connectivity index (χ2v) is 10.5. The zero-order chi connectivity index (χ0) is 26.4. The summed E-state index contributed by atoms with van der Waals surface area (Å²) in [4.78, 5) is 33.7. The van der Waals surface area contributed by atoms with E-state index >= 15 is 0 Å². The first-order valence-corrected chi connectivity index (χ1v) is 12.6. The summed E-state index contributed by atoms with van der Waals surface area (Å²) in [5.41, 5.74) is -0.671. The van der Waals surface area contributed by atoms with Crippen molar-refractivity contribution < 1.29 is 32.2 Å². The van der Waals surface area contributed by atoms with E-state index in [2.05, 4.69) is 16.2 Å². The average Bonchev–Trinajstić information content (AvgIpc) is 3.41. The van der Waals surface area contributed by atoms with Crippen LogP contribution in [0.2, 0.25) is 0 Å². The zero-order valence-corrected chi connectivity index (χ0v) is 20.7. The molecule has 3 aliphatic heterocycles. The van der Waals surface area contributed by atoms with Crippen LogP contribution in [0, 0.1) is 23.7 Å². The van der Waals surface area contributed by atoms with Gasteiger partial charge >= 0.3 is 6.18 Å². The molecule has 2 amide bonds. The number of rotatable bonds is 4.